The highest BCUT2D eigenvalue weighted by molar-refractivity contribution is 7.08. The van der Waals surface area contributed by atoms with Gasteiger partial charge in [0.25, 0.3) is 0 Å². The van der Waals surface area contributed by atoms with Gasteiger partial charge in [0, 0.05) is 35.6 Å². The molecule has 2 amide bonds. The van der Waals surface area contributed by atoms with Gasteiger partial charge in [-0.05, 0) is 55.0 Å². The summed E-state index contributed by atoms with van der Waals surface area (Å²) in [6.45, 7) is 4.16. The van der Waals surface area contributed by atoms with E-state index in [9.17, 15) is 4.79 Å². The zero-order valence-corrected chi connectivity index (χ0v) is 17.9. The predicted molar refractivity (Wildman–Crippen MR) is 117 cm³/mol. The number of ether oxygens (including phenoxy) is 1. The second-order valence-corrected chi connectivity index (χ2v) is 8.16. The number of rotatable bonds is 7. The molecule has 0 unspecified atom stereocenters. The van der Waals surface area contributed by atoms with Crippen LogP contribution in [0.15, 0.2) is 45.5 Å². The molecule has 1 saturated heterocycles. The number of piperidine rings is 1. The molecule has 1 fully saturated rings. The van der Waals surface area contributed by atoms with Crippen LogP contribution in [0, 0.1) is 0 Å². The highest BCUT2D eigenvalue weighted by Gasteiger charge is 2.27. The maximum atomic E-state index is 12.6. The maximum absolute atomic E-state index is 12.6. The number of carbonyl (C=O) groups excluding carboxylic acids is 1. The number of urea groups is 1. The third-order valence-corrected chi connectivity index (χ3v) is 5.90. The molecule has 0 saturated carbocycles. The Morgan fingerprint density at radius 3 is 2.73 bits per heavy atom. The minimum atomic E-state index is -0.0856. The van der Waals surface area contributed by atoms with E-state index in [-0.39, 0.29) is 11.9 Å². The Balaban J connectivity index is 1.26. The minimum Gasteiger partial charge on any atom is -0.494 e. The van der Waals surface area contributed by atoms with Gasteiger partial charge in [0.1, 0.15) is 5.75 Å². The van der Waals surface area contributed by atoms with Gasteiger partial charge in [0.2, 0.25) is 11.8 Å². The molecule has 158 valence electrons. The molecule has 0 radical (unpaired) electrons. The van der Waals surface area contributed by atoms with Crippen molar-refractivity contribution in [1.82, 2.24) is 15.1 Å². The maximum Gasteiger partial charge on any atom is 0.321 e. The molecule has 8 heteroatoms. The summed E-state index contributed by atoms with van der Waals surface area (Å²) in [5.74, 6) is 2.24. The van der Waals surface area contributed by atoms with Gasteiger partial charge in [-0.15, -0.1) is 10.2 Å². The molecule has 30 heavy (non-hydrogen) atoms. The largest absolute Gasteiger partial charge is 0.494 e. The van der Waals surface area contributed by atoms with Crippen LogP contribution in [-0.2, 0) is 0 Å². The molecule has 0 aliphatic carbocycles. The van der Waals surface area contributed by atoms with E-state index in [1.54, 1.807) is 11.3 Å². The average molecular weight is 427 g/mol. The Bertz CT molecular complexity index is 932. The van der Waals surface area contributed by atoms with Crippen LogP contribution in [0.1, 0.15) is 44.4 Å². The topological polar surface area (TPSA) is 80.5 Å². The molecule has 3 heterocycles. The molecule has 4 rings (SSSR count). The van der Waals surface area contributed by atoms with Gasteiger partial charge in [-0.3, -0.25) is 0 Å². The van der Waals surface area contributed by atoms with Gasteiger partial charge in [-0.1, -0.05) is 13.3 Å². The fourth-order valence-corrected chi connectivity index (χ4v) is 4.03. The van der Waals surface area contributed by atoms with Gasteiger partial charge in [0.05, 0.1) is 6.61 Å². The Labute approximate surface area is 180 Å². The van der Waals surface area contributed by atoms with Crippen molar-refractivity contribution in [2.45, 2.75) is 38.5 Å². The lowest BCUT2D eigenvalue weighted by atomic mass is 9.97. The van der Waals surface area contributed by atoms with E-state index in [1.165, 1.54) is 0 Å². The van der Waals surface area contributed by atoms with Crippen molar-refractivity contribution >= 4 is 23.1 Å². The standard InChI is InChI=1S/C22H26N4O3S/c1-2-3-13-28-19-6-4-18(5-7-19)23-22(27)26-11-8-16(9-12-26)20-24-25-21(29-20)17-10-14-30-15-17/h4-7,10,14-16H,2-3,8-9,11-13H2,1H3,(H,23,27). The Morgan fingerprint density at radius 2 is 2.03 bits per heavy atom. The number of thiophene rings is 1. The molecular formula is C22H26N4O3S. The van der Waals surface area contributed by atoms with Gasteiger partial charge < -0.3 is 19.4 Å². The third kappa shape index (κ3) is 4.99. The van der Waals surface area contributed by atoms with Gasteiger partial charge >= 0.3 is 6.03 Å². The monoisotopic (exact) mass is 426 g/mol. The van der Waals surface area contributed by atoms with Gasteiger partial charge in [0.15, 0.2) is 0 Å². The number of likely N-dealkylation sites (tertiary alicyclic amines) is 1. The minimum absolute atomic E-state index is 0.0856. The summed E-state index contributed by atoms with van der Waals surface area (Å²) >= 11 is 1.60. The van der Waals surface area contributed by atoms with Crippen LogP contribution >= 0.6 is 11.3 Å². The second-order valence-electron chi connectivity index (χ2n) is 7.38. The number of anilines is 1. The lowest BCUT2D eigenvalue weighted by Gasteiger charge is -2.30. The number of unbranched alkanes of at least 4 members (excludes halogenated alkanes) is 1. The van der Waals surface area contributed by atoms with E-state index in [0.717, 1.165) is 42.7 Å². The number of hydrogen-bond acceptors (Lipinski definition) is 6. The highest BCUT2D eigenvalue weighted by Crippen LogP contribution is 2.30. The molecule has 7 nitrogen and oxygen atoms in total. The van der Waals surface area contributed by atoms with E-state index in [2.05, 4.69) is 22.4 Å². The second kappa shape index (κ2) is 9.75. The SMILES string of the molecule is CCCCOc1ccc(NC(=O)N2CCC(c3nnc(-c4ccsc4)o3)CC2)cc1. The third-order valence-electron chi connectivity index (χ3n) is 5.21. The van der Waals surface area contributed by atoms with E-state index < -0.39 is 0 Å². The first-order chi connectivity index (χ1) is 14.7. The molecule has 1 aromatic carbocycles. The quantitative estimate of drug-likeness (QED) is 0.513. The molecule has 0 bridgehead atoms. The van der Waals surface area contributed by atoms with Crippen molar-refractivity contribution in [2.75, 3.05) is 25.0 Å². The Kier molecular flexibility index (Phi) is 6.63. The van der Waals surface area contributed by atoms with Crippen molar-refractivity contribution in [2.24, 2.45) is 0 Å². The van der Waals surface area contributed by atoms with Crippen LogP contribution in [0.2, 0.25) is 0 Å². The van der Waals surface area contributed by atoms with E-state index in [4.69, 9.17) is 9.15 Å². The molecular weight excluding hydrogens is 400 g/mol. The van der Waals surface area contributed by atoms with E-state index in [0.29, 0.717) is 31.5 Å². The molecule has 1 aliphatic heterocycles. The first-order valence-corrected chi connectivity index (χ1v) is 11.3. The number of amides is 2. The summed E-state index contributed by atoms with van der Waals surface area (Å²) in [6.07, 6.45) is 3.76. The summed E-state index contributed by atoms with van der Waals surface area (Å²) in [5.41, 5.74) is 1.72. The summed E-state index contributed by atoms with van der Waals surface area (Å²) < 4.78 is 11.5. The first kappa shape index (κ1) is 20.4. The molecule has 1 aliphatic rings. The molecule has 0 atom stereocenters. The fraction of sp³-hybridized carbons (Fsp3) is 0.409. The number of nitrogens with zero attached hydrogens (tertiary/aromatic N) is 3. The number of nitrogens with one attached hydrogen (secondary N) is 1. The van der Waals surface area contributed by atoms with Crippen LogP contribution in [0.25, 0.3) is 11.5 Å². The van der Waals surface area contributed by atoms with E-state index >= 15 is 0 Å². The summed E-state index contributed by atoms with van der Waals surface area (Å²) in [4.78, 5) is 14.4. The molecule has 0 spiro atoms. The average Bonchev–Trinajstić information content (AvgIpc) is 3.47. The predicted octanol–water partition coefficient (Wildman–Crippen LogP) is 5.39. The number of hydrogen-bond donors (Lipinski definition) is 1. The van der Waals surface area contributed by atoms with Crippen LogP contribution in [0.4, 0.5) is 10.5 Å². The normalized spacial score (nSPS) is 14.6. The van der Waals surface area contributed by atoms with E-state index in [1.807, 2.05) is 46.0 Å². The Hall–Kier alpha value is -2.87. The Morgan fingerprint density at radius 1 is 1.23 bits per heavy atom. The van der Waals surface area contributed by atoms with Crippen molar-refractivity contribution in [3.63, 3.8) is 0 Å². The fourth-order valence-electron chi connectivity index (χ4n) is 3.40. The smallest absolute Gasteiger partial charge is 0.321 e. The number of carbonyl (C=O) groups is 1. The van der Waals surface area contributed by atoms with Crippen molar-refractivity contribution in [3.8, 4) is 17.2 Å². The zero-order valence-electron chi connectivity index (χ0n) is 17.0. The summed E-state index contributed by atoms with van der Waals surface area (Å²) in [7, 11) is 0. The number of aromatic nitrogens is 2. The first-order valence-electron chi connectivity index (χ1n) is 10.4. The summed E-state index contributed by atoms with van der Waals surface area (Å²) in [6, 6.07) is 9.40. The highest BCUT2D eigenvalue weighted by atomic mass is 32.1. The summed E-state index contributed by atoms with van der Waals surface area (Å²) in [5, 5.41) is 15.3. The molecule has 3 aromatic rings. The molecule has 2 aromatic heterocycles. The van der Waals surface area contributed by atoms with Crippen molar-refractivity contribution in [1.29, 1.82) is 0 Å². The van der Waals surface area contributed by atoms with Gasteiger partial charge in [-0.25, -0.2) is 4.79 Å². The van der Waals surface area contributed by atoms with Crippen LogP contribution in [0.3, 0.4) is 0 Å². The lowest BCUT2D eigenvalue weighted by molar-refractivity contribution is 0.190. The van der Waals surface area contributed by atoms with Crippen LogP contribution < -0.4 is 10.1 Å². The number of benzene rings is 1. The van der Waals surface area contributed by atoms with Crippen LogP contribution in [-0.4, -0.2) is 40.8 Å². The van der Waals surface area contributed by atoms with Crippen molar-refractivity contribution in [3.05, 3.63) is 47.0 Å². The van der Waals surface area contributed by atoms with Gasteiger partial charge in [-0.2, -0.15) is 11.3 Å². The zero-order chi connectivity index (χ0) is 20.8. The lowest BCUT2D eigenvalue weighted by Crippen LogP contribution is -2.40. The molecule has 1 N–H and O–H groups in total. The van der Waals surface area contributed by atoms with Crippen LogP contribution in [0.5, 0.6) is 5.75 Å². The van der Waals surface area contributed by atoms with Crippen molar-refractivity contribution < 1.29 is 13.9 Å².